The highest BCUT2D eigenvalue weighted by Crippen LogP contribution is 2.32. The normalized spacial score (nSPS) is 17.1. The van der Waals surface area contributed by atoms with Crippen molar-refractivity contribution in [1.82, 2.24) is 4.90 Å². The van der Waals surface area contributed by atoms with Crippen molar-refractivity contribution in [2.24, 2.45) is 5.92 Å². The van der Waals surface area contributed by atoms with E-state index in [1.165, 1.54) is 29.0 Å². The van der Waals surface area contributed by atoms with E-state index in [9.17, 15) is 9.18 Å². The molecular formula is C18H20FNOS. The quantitative estimate of drug-likeness (QED) is 0.827. The second kappa shape index (κ2) is 6.21. The maximum atomic E-state index is 12.9. The van der Waals surface area contributed by atoms with Crippen LogP contribution in [0.15, 0.2) is 30.3 Å². The summed E-state index contributed by atoms with van der Waals surface area (Å²) in [6.07, 6.45) is 3.39. The first-order valence-corrected chi connectivity index (χ1v) is 8.46. The van der Waals surface area contributed by atoms with Crippen LogP contribution in [-0.2, 0) is 19.4 Å². The highest BCUT2D eigenvalue weighted by Gasteiger charge is 2.22. The van der Waals surface area contributed by atoms with Crippen LogP contribution in [0.4, 0.5) is 4.39 Å². The number of carbonyl (C=O) groups is 1. The van der Waals surface area contributed by atoms with Gasteiger partial charge in [0.1, 0.15) is 5.82 Å². The minimum Gasteiger partial charge on any atom is -0.337 e. The van der Waals surface area contributed by atoms with Crippen LogP contribution in [0.5, 0.6) is 0 Å². The lowest BCUT2D eigenvalue weighted by Gasteiger charge is -2.16. The fourth-order valence-corrected chi connectivity index (χ4v) is 4.14. The van der Waals surface area contributed by atoms with E-state index in [1.54, 1.807) is 35.4 Å². The summed E-state index contributed by atoms with van der Waals surface area (Å²) in [5, 5.41) is 0. The van der Waals surface area contributed by atoms with Gasteiger partial charge in [-0.2, -0.15) is 0 Å². The van der Waals surface area contributed by atoms with Gasteiger partial charge in [0.2, 0.25) is 0 Å². The van der Waals surface area contributed by atoms with E-state index < -0.39 is 0 Å². The molecule has 1 aromatic carbocycles. The molecule has 1 aliphatic carbocycles. The monoisotopic (exact) mass is 317 g/mol. The van der Waals surface area contributed by atoms with Crippen LogP contribution in [0.25, 0.3) is 0 Å². The highest BCUT2D eigenvalue weighted by atomic mass is 32.1. The van der Waals surface area contributed by atoms with Crippen molar-refractivity contribution in [1.29, 1.82) is 0 Å². The van der Waals surface area contributed by atoms with Gasteiger partial charge in [-0.1, -0.05) is 19.1 Å². The van der Waals surface area contributed by atoms with Gasteiger partial charge >= 0.3 is 0 Å². The van der Waals surface area contributed by atoms with Crippen LogP contribution in [0.3, 0.4) is 0 Å². The fourth-order valence-electron chi connectivity index (χ4n) is 2.93. The Labute approximate surface area is 134 Å². The maximum Gasteiger partial charge on any atom is 0.263 e. The molecule has 3 rings (SSSR count). The molecule has 22 heavy (non-hydrogen) atoms. The largest absolute Gasteiger partial charge is 0.337 e. The van der Waals surface area contributed by atoms with Gasteiger partial charge in [-0.05, 0) is 54.5 Å². The predicted molar refractivity (Wildman–Crippen MR) is 87.7 cm³/mol. The zero-order valence-electron chi connectivity index (χ0n) is 12.9. The third kappa shape index (κ3) is 3.22. The number of hydrogen-bond donors (Lipinski definition) is 0. The maximum absolute atomic E-state index is 12.9. The summed E-state index contributed by atoms with van der Waals surface area (Å²) in [4.78, 5) is 16.5. The van der Waals surface area contributed by atoms with Crippen molar-refractivity contribution in [3.05, 3.63) is 57.0 Å². The minimum absolute atomic E-state index is 0.0522. The fraction of sp³-hybridized carbons (Fsp3) is 0.389. The van der Waals surface area contributed by atoms with Gasteiger partial charge in [0, 0.05) is 18.5 Å². The molecule has 0 saturated heterocycles. The summed E-state index contributed by atoms with van der Waals surface area (Å²) in [6.45, 7) is 2.76. The lowest BCUT2D eigenvalue weighted by Crippen LogP contribution is -2.25. The molecule has 1 heterocycles. The molecule has 0 spiro atoms. The zero-order chi connectivity index (χ0) is 15.7. The lowest BCUT2D eigenvalue weighted by molar-refractivity contribution is 0.0790. The van der Waals surface area contributed by atoms with Crippen molar-refractivity contribution < 1.29 is 9.18 Å². The number of thiophene rings is 1. The van der Waals surface area contributed by atoms with Gasteiger partial charge in [-0.15, -0.1) is 11.3 Å². The van der Waals surface area contributed by atoms with Crippen LogP contribution >= 0.6 is 11.3 Å². The Morgan fingerprint density at radius 1 is 1.36 bits per heavy atom. The molecule has 1 atom stereocenters. The second-order valence-electron chi connectivity index (χ2n) is 6.19. The summed E-state index contributed by atoms with van der Waals surface area (Å²) < 4.78 is 12.9. The molecule has 0 saturated carbocycles. The molecule has 1 aromatic heterocycles. The van der Waals surface area contributed by atoms with Crippen LogP contribution in [0.2, 0.25) is 0 Å². The highest BCUT2D eigenvalue weighted by molar-refractivity contribution is 7.14. The molecule has 4 heteroatoms. The van der Waals surface area contributed by atoms with Gasteiger partial charge in [-0.3, -0.25) is 4.79 Å². The van der Waals surface area contributed by atoms with Gasteiger partial charge in [0.25, 0.3) is 5.91 Å². The summed E-state index contributed by atoms with van der Waals surface area (Å²) >= 11 is 1.64. The number of aryl methyl sites for hydroxylation is 1. The number of rotatable bonds is 3. The summed E-state index contributed by atoms with van der Waals surface area (Å²) in [6, 6.07) is 8.37. The number of carbonyl (C=O) groups excluding carboxylic acids is 1. The van der Waals surface area contributed by atoms with Crippen molar-refractivity contribution in [3.63, 3.8) is 0 Å². The van der Waals surface area contributed by atoms with E-state index in [1.807, 2.05) is 0 Å². The van der Waals surface area contributed by atoms with E-state index in [0.717, 1.165) is 23.3 Å². The lowest BCUT2D eigenvalue weighted by atomic mass is 9.90. The standard InChI is InChI=1S/C18H20FNOS/c1-12-3-8-16-14(9-12)10-17(22-16)18(21)20(2)11-13-4-6-15(19)7-5-13/h4-7,10,12H,3,8-9,11H2,1-2H3. The van der Waals surface area contributed by atoms with Crippen LogP contribution in [-0.4, -0.2) is 17.9 Å². The summed E-state index contributed by atoms with van der Waals surface area (Å²) in [5.74, 6) is 0.510. The Kier molecular flexibility index (Phi) is 4.30. The van der Waals surface area contributed by atoms with E-state index in [-0.39, 0.29) is 11.7 Å². The topological polar surface area (TPSA) is 20.3 Å². The van der Waals surface area contributed by atoms with Crippen molar-refractivity contribution in [2.75, 3.05) is 7.05 Å². The third-order valence-electron chi connectivity index (χ3n) is 4.22. The first-order chi connectivity index (χ1) is 10.5. The average molecular weight is 317 g/mol. The Morgan fingerprint density at radius 3 is 2.82 bits per heavy atom. The molecule has 2 nitrogen and oxygen atoms in total. The Bertz CT molecular complexity index is 677. The van der Waals surface area contributed by atoms with Crippen molar-refractivity contribution in [2.45, 2.75) is 32.7 Å². The number of hydrogen-bond acceptors (Lipinski definition) is 2. The summed E-state index contributed by atoms with van der Waals surface area (Å²) in [7, 11) is 1.80. The number of halogens is 1. The molecule has 0 radical (unpaired) electrons. The second-order valence-corrected chi connectivity index (χ2v) is 7.33. The first-order valence-electron chi connectivity index (χ1n) is 7.64. The van der Waals surface area contributed by atoms with E-state index in [4.69, 9.17) is 0 Å². The Balaban J connectivity index is 1.72. The van der Waals surface area contributed by atoms with E-state index in [0.29, 0.717) is 12.5 Å². The van der Waals surface area contributed by atoms with E-state index >= 15 is 0 Å². The molecule has 0 aliphatic heterocycles. The predicted octanol–water partition coefficient (Wildman–Crippen LogP) is 4.28. The van der Waals surface area contributed by atoms with Crippen LogP contribution in [0.1, 0.15) is 39.0 Å². The van der Waals surface area contributed by atoms with Crippen molar-refractivity contribution >= 4 is 17.2 Å². The van der Waals surface area contributed by atoms with Crippen molar-refractivity contribution in [3.8, 4) is 0 Å². The number of fused-ring (bicyclic) bond motifs is 1. The Hall–Kier alpha value is -1.68. The Morgan fingerprint density at radius 2 is 2.09 bits per heavy atom. The smallest absolute Gasteiger partial charge is 0.263 e. The molecule has 0 fully saturated rings. The first kappa shape index (κ1) is 15.2. The zero-order valence-corrected chi connectivity index (χ0v) is 13.8. The molecule has 116 valence electrons. The van der Waals surface area contributed by atoms with Crippen LogP contribution < -0.4 is 0 Å². The van der Waals surface area contributed by atoms with Gasteiger partial charge in [0.15, 0.2) is 0 Å². The molecule has 1 aliphatic rings. The molecule has 2 aromatic rings. The minimum atomic E-state index is -0.252. The number of benzene rings is 1. The third-order valence-corrected chi connectivity index (χ3v) is 5.44. The van der Waals surface area contributed by atoms with Crippen LogP contribution in [0, 0.1) is 11.7 Å². The van der Waals surface area contributed by atoms with Gasteiger partial charge in [0.05, 0.1) is 4.88 Å². The molecule has 0 N–H and O–H groups in total. The molecule has 1 amide bonds. The average Bonchev–Trinajstić information content (AvgIpc) is 2.91. The number of amides is 1. The van der Waals surface area contributed by atoms with Gasteiger partial charge < -0.3 is 4.90 Å². The SMILES string of the molecule is CC1CCc2sc(C(=O)N(C)Cc3ccc(F)cc3)cc2C1. The van der Waals surface area contributed by atoms with E-state index in [2.05, 4.69) is 13.0 Å². The number of nitrogens with zero attached hydrogens (tertiary/aromatic N) is 1. The summed E-state index contributed by atoms with van der Waals surface area (Å²) in [5.41, 5.74) is 2.29. The molecule has 1 unspecified atom stereocenters. The van der Waals surface area contributed by atoms with Gasteiger partial charge in [-0.25, -0.2) is 4.39 Å². The molecular weight excluding hydrogens is 297 g/mol. The molecule has 0 bridgehead atoms.